The van der Waals surface area contributed by atoms with Crippen LogP contribution in [0.2, 0.25) is 0 Å². The quantitative estimate of drug-likeness (QED) is 0.405. The number of carboxylic acids is 2. The van der Waals surface area contributed by atoms with E-state index in [9.17, 15) is 4.79 Å². The summed E-state index contributed by atoms with van der Waals surface area (Å²) in [7, 11) is 0. The predicted molar refractivity (Wildman–Crippen MR) is 41.3 cm³/mol. The van der Waals surface area contributed by atoms with Gasteiger partial charge in [0, 0.05) is 6.92 Å². The van der Waals surface area contributed by atoms with Crippen molar-refractivity contribution in [2.24, 2.45) is 0 Å². The monoisotopic (exact) mass is 196 g/mol. The van der Waals surface area contributed by atoms with E-state index < -0.39 is 18.0 Å². The molecule has 7 heteroatoms. The van der Waals surface area contributed by atoms with Crippen molar-refractivity contribution in [3.63, 3.8) is 0 Å². The van der Waals surface area contributed by atoms with Crippen molar-refractivity contribution in [2.45, 2.75) is 20.0 Å². The number of rotatable bonds is 1. The third-order valence-corrected chi connectivity index (χ3v) is 0.357. The zero-order valence-corrected chi connectivity index (χ0v) is 7.17. The normalized spacial score (nSPS) is 9.15. The highest BCUT2D eigenvalue weighted by atomic mass is 16.4. The second-order valence-corrected chi connectivity index (χ2v) is 1.64. The SMILES string of the molecule is CC(=O)O.C[C@H](O)C(=O)O.O=CO. The van der Waals surface area contributed by atoms with E-state index in [4.69, 9.17) is 30.0 Å². The Morgan fingerprint density at radius 1 is 1.31 bits per heavy atom. The van der Waals surface area contributed by atoms with Crippen molar-refractivity contribution >= 4 is 18.4 Å². The first-order valence-corrected chi connectivity index (χ1v) is 2.97. The molecule has 0 aromatic heterocycles. The molecule has 7 nitrogen and oxygen atoms in total. The third kappa shape index (κ3) is 129. The topological polar surface area (TPSA) is 132 Å². The molecule has 0 aliphatic rings. The van der Waals surface area contributed by atoms with Crippen LogP contribution < -0.4 is 0 Å². The predicted octanol–water partition coefficient (Wildman–Crippen LogP) is -0.756. The van der Waals surface area contributed by atoms with Crippen molar-refractivity contribution in [3.8, 4) is 0 Å². The fourth-order valence-corrected chi connectivity index (χ4v) is 0. The standard InChI is InChI=1S/C3H6O3.C2H4O2.CH2O2/c1-2(4)3(5)6;1-2(3)4;2-1-3/h2,4H,1H3,(H,5,6);1H3,(H,3,4);1H,(H,2,3)/t2-;;/m0../s1. The molecule has 0 radical (unpaired) electrons. The van der Waals surface area contributed by atoms with Gasteiger partial charge in [0.1, 0.15) is 6.10 Å². The van der Waals surface area contributed by atoms with Gasteiger partial charge in [-0.2, -0.15) is 0 Å². The van der Waals surface area contributed by atoms with Crippen molar-refractivity contribution in [3.05, 3.63) is 0 Å². The molecule has 13 heavy (non-hydrogen) atoms. The Bertz CT molecular complexity index is 147. The van der Waals surface area contributed by atoms with Gasteiger partial charge in [0.05, 0.1) is 0 Å². The van der Waals surface area contributed by atoms with Gasteiger partial charge in [-0.25, -0.2) is 4.79 Å². The Balaban J connectivity index is -0.000000125. The summed E-state index contributed by atoms with van der Waals surface area (Å²) in [5.41, 5.74) is 0. The summed E-state index contributed by atoms with van der Waals surface area (Å²) in [6, 6.07) is 0. The van der Waals surface area contributed by atoms with Gasteiger partial charge < -0.3 is 20.4 Å². The van der Waals surface area contributed by atoms with Gasteiger partial charge in [-0.15, -0.1) is 0 Å². The first-order chi connectivity index (χ1) is 5.79. The van der Waals surface area contributed by atoms with Gasteiger partial charge in [-0.1, -0.05) is 0 Å². The second kappa shape index (κ2) is 13.0. The molecule has 0 spiro atoms. The highest BCUT2D eigenvalue weighted by Crippen LogP contribution is 1.73. The molecule has 0 saturated heterocycles. The molecule has 0 aliphatic heterocycles. The van der Waals surface area contributed by atoms with Gasteiger partial charge in [-0.05, 0) is 6.92 Å². The van der Waals surface area contributed by atoms with Crippen LogP contribution in [0.1, 0.15) is 13.8 Å². The second-order valence-electron chi connectivity index (χ2n) is 1.64. The Hall–Kier alpha value is -1.63. The first kappa shape index (κ1) is 17.5. The molecule has 0 bridgehead atoms. The van der Waals surface area contributed by atoms with Crippen LogP contribution in [-0.2, 0) is 14.4 Å². The first-order valence-electron chi connectivity index (χ1n) is 2.97. The lowest BCUT2D eigenvalue weighted by atomic mass is 10.4. The van der Waals surface area contributed by atoms with E-state index in [2.05, 4.69) is 0 Å². The molecular weight excluding hydrogens is 184 g/mol. The van der Waals surface area contributed by atoms with Gasteiger partial charge >= 0.3 is 5.97 Å². The minimum absolute atomic E-state index is 0.250. The van der Waals surface area contributed by atoms with Crippen molar-refractivity contribution < 1.29 is 34.8 Å². The molecule has 0 amide bonds. The molecule has 78 valence electrons. The van der Waals surface area contributed by atoms with Gasteiger partial charge in [0.25, 0.3) is 12.4 Å². The van der Waals surface area contributed by atoms with Crippen LogP contribution in [-0.4, -0.2) is 44.9 Å². The number of aliphatic carboxylic acids is 2. The van der Waals surface area contributed by atoms with Crippen LogP contribution in [0.15, 0.2) is 0 Å². The number of aliphatic hydroxyl groups excluding tert-OH is 1. The fourth-order valence-electron chi connectivity index (χ4n) is 0. The van der Waals surface area contributed by atoms with Crippen LogP contribution in [0.5, 0.6) is 0 Å². The number of hydrogen-bond donors (Lipinski definition) is 4. The van der Waals surface area contributed by atoms with Crippen LogP contribution >= 0.6 is 0 Å². The van der Waals surface area contributed by atoms with Gasteiger partial charge in [0.15, 0.2) is 0 Å². The zero-order chi connectivity index (χ0) is 11.4. The molecule has 0 aromatic rings. The third-order valence-electron chi connectivity index (χ3n) is 0.357. The summed E-state index contributed by atoms with van der Waals surface area (Å²) in [6.07, 6.45) is -1.23. The van der Waals surface area contributed by atoms with E-state index in [0.717, 1.165) is 6.92 Å². The highest BCUT2D eigenvalue weighted by molar-refractivity contribution is 5.71. The lowest BCUT2D eigenvalue weighted by Crippen LogP contribution is -2.13. The maximum Gasteiger partial charge on any atom is 0.332 e. The average Bonchev–Trinajstić information content (AvgIpc) is 1.87. The lowest BCUT2D eigenvalue weighted by Gasteiger charge is -1.89. The maximum atomic E-state index is 9.45. The maximum absolute atomic E-state index is 9.45. The van der Waals surface area contributed by atoms with Crippen LogP contribution in [0.25, 0.3) is 0 Å². The molecular formula is C6H12O7. The molecule has 0 rings (SSSR count). The minimum Gasteiger partial charge on any atom is -0.483 e. The smallest absolute Gasteiger partial charge is 0.332 e. The molecule has 0 aliphatic carbocycles. The van der Waals surface area contributed by atoms with Crippen molar-refractivity contribution in [1.29, 1.82) is 0 Å². The van der Waals surface area contributed by atoms with Crippen LogP contribution in [0.3, 0.4) is 0 Å². The molecule has 0 heterocycles. The molecule has 0 saturated carbocycles. The number of carboxylic acid groups (broad SMARTS) is 3. The largest absolute Gasteiger partial charge is 0.483 e. The van der Waals surface area contributed by atoms with E-state index in [1.165, 1.54) is 6.92 Å². The fraction of sp³-hybridized carbons (Fsp3) is 0.500. The molecule has 0 unspecified atom stereocenters. The summed E-state index contributed by atoms with van der Waals surface area (Å²) >= 11 is 0. The lowest BCUT2D eigenvalue weighted by molar-refractivity contribution is -0.145. The molecule has 1 atom stereocenters. The van der Waals surface area contributed by atoms with Gasteiger partial charge in [0.2, 0.25) is 0 Å². The average molecular weight is 196 g/mol. The van der Waals surface area contributed by atoms with Gasteiger partial charge in [-0.3, -0.25) is 9.59 Å². The summed E-state index contributed by atoms with van der Waals surface area (Å²) in [5.74, 6) is -2.02. The van der Waals surface area contributed by atoms with Crippen molar-refractivity contribution in [1.82, 2.24) is 0 Å². The molecule has 4 N–H and O–H groups in total. The summed E-state index contributed by atoms with van der Waals surface area (Å²) < 4.78 is 0. The summed E-state index contributed by atoms with van der Waals surface area (Å²) in [4.78, 5) is 26.8. The van der Waals surface area contributed by atoms with E-state index >= 15 is 0 Å². The number of hydrogen-bond acceptors (Lipinski definition) is 4. The Labute approximate surface area is 74.2 Å². The number of aliphatic hydroxyl groups is 1. The van der Waals surface area contributed by atoms with E-state index in [0.29, 0.717) is 0 Å². The van der Waals surface area contributed by atoms with Crippen LogP contribution in [0.4, 0.5) is 0 Å². The minimum atomic E-state index is -1.23. The Morgan fingerprint density at radius 3 is 1.38 bits per heavy atom. The van der Waals surface area contributed by atoms with E-state index in [1.807, 2.05) is 0 Å². The number of carbonyl (C=O) groups is 3. The van der Waals surface area contributed by atoms with E-state index in [-0.39, 0.29) is 6.47 Å². The highest BCUT2D eigenvalue weighted by Gasteiger charge is 2.01. The Kier molecular flexibility index (Phi) is 17.4. The Morgan fingerprint density at radius 2 is 1.38 bits per heavy atom. The summed E-state index contributed by atoms with van der Waals surface area (Å²) in [6.45, 7) is 2.03. The van der Waals surface area contributed by atoms with Crippen molar-refractivity contribution in [2.75, 3.05) is 0 Å². The molecule has 0 aromatic carbocycles. The van der Waals surface area contributed by atoms with Crippen LogP contribution in [0, 0.1) is 0 Å². The summed E-state index contributed by atoms with van der Waals surface area (Å²) in [5, 5.41) is 30.1. The molecule has 0 fully saturated rings. The van der Waals surface area contributed by atoms with E-state index in [1.54, 1.807) is 0 Å². The zero-order valence-electron chi connectivity index (χ0n) is 7.17.